The van der Waals surface area contributed by atoms with Gasteiger partial charge in [-0.25, -0.2) is 4.79 Å². The van der Waals surface area contributed by atoms with Crippen molar-refractivity contribution in [1.82, 2.24) is 0 Å². The quantitative estimate of drug-likeness (QED) is 0.601. The predicted molar refractivity (Wildman–Crippen MR) is 90.1 cm³/mol. The maximum absolute atomic E-state index is 12.2. The first kappa shape index (κ1) is 17.5. The predicted octanol–water partition coefficient (Wildman–Crippen LogP) is 3.36. The molecule has 0 heterocycles. The fourth-order valence-electron chi connectivity index (χ4n) is 2.26. The third-order valence-corrected chi connectivity index (χ3v) is 3.65. The summed E-state index contributed by atoms with van der Waals surface area (Å²) >= 11 is 0. The Morgan fingerprint density at radius 3 is 2.29 bits per heavy atom. The maximum Gasteiger partial charge on any atom is 0.338 e. The molecule has 126 valence electrons. The van der Waals surface area contributed by atoms with Crippen LogP contribution >= 0.6 is 0 Å². The van der Waals surface area contributed by atoms with Crippen molar-refractivity contribution in [3.63, 3.8) is 0 Å². The standard InChI is InChI=1S/C19H20O5/c1-12-5-6-13(2)15(9-12)19(21)24-11-16(20)14-7-8-17(22-3)18(10-14)23-4/h5-10H,11H2,1-4H3. The molecule has 0 radical (unpaired) electrons. The van der Waals surface area contributed by atoms with Crippen molar-refractivity contribution < 1.29 is 23.8 Å². The van der Waals surface area contributed by atoms with Gasteiger partial charge in [-0.3, -0.25) is 4.79 Å². The molecule has 0 bridgehead atoms. The van der Waals surface area contributed by atoms with Crippen LogP contribution in [0.5, 0.6) is 11.5 Å². The number of aryl methyl sites for hydroxylation is 2. The number of hydrogen-bond acceptors (Lipinski definition) is 5. The van der Waals surface area contributed by atoms with Crippen molar-refractivity contribution in [2.24, 2.45) is 0 Å². The average molecular weight is 328 g/mol. The average Bonchev–Trinajstić information content (AvgIpc) is 2.60. The zero-order chi connectivity index (χ0) is 17.7. The molecule has 0 spiro atoms. The van der Waals surface area contributed by atoms with Crippen molar-refractivity contribution in [3.05, 3.63) is 58.7 Å². The van der Waals surface area contributed by atoms with Gasteiger partial charge in [0.25, 0.3) is 0 Å². The molecule has 0 aliphatic carbocycles. The van der Waals surface area contributed by atoms with E-state index in [1.807, 2.05) is 26.0 Å². The fourth-order valence-corrected chi connectivity index (χ4v) is 2.26. The van der Waals surface area contributed by atoms with E-state index in [1.54, 1.807) is 24.3 Å². The van der Waals surface area contributed by atoms with Crippen molar-refractivity contribution in [2.45, 2.75) is 13.8 Å². The zero-order valence-corrected chi connectivity index (χ0v) is 14.2. The van der Waals surface area contributed by atoms with Crippen molar-refractivity contribution >= 4 is 11.8 Å². The van der Waals surface area contributed by atoms with E-state index in [4.69, 9.17) is 14.2 Å². The first-order valence-electron chi connectivity index (χ1n) is 7.46. The van der Waals surface area contributed by atoms with Crippen LogP contribution in [-0.2, 0) is 4.74 Å². The second-order valence-corrected chi connectivity index (χ2v) is 5.39. The number of ether oxygens (including phenoxy) is 3. The van der Waals surface area contributed by atoms with Crippen LogP contribution in [-0.4, -0.2) is 32.6 Å². The Bertz CT molecular complexity index is 764. The van der Waals surface area contributed by atoms with E-state index >= 15 is 0 Å². The molecule has 2 rings (SSSR count). The lowest BCUT2D eigenvalue weighted by molar-refractivity contribution is 0.0474. The molecular weight excluding hydrogens is 308 g/mol. The number of hydrogen-bond donors (Lipinski definition) is 0. The third kappa shape index (κ3) is 3.93. The second kappa shape index (κ2) is 7.64. The van der Waals surface area contributed by atoms with E-state index < -0.39 is 5.97 Å². The Hall–Kier alpha value is -2.82. The number of carbonyl (C=O) groups excluding carboxylic acids is 2. The third-order valence-electron chi connectivity index (χ3n) is 3.65. The first-order valence-corrected chi connectivity index (χ1v) is 7.46. The summed E-state index contributed by atoms with van der Waals surface area (Å²) in [6, 6.07) is 10.3. The molecule has 5 heteroatoms. The van der Waals surface area contributed by atoms with Gasteiger partial charge in [-0.1, -0.05) is 17.7 Å². The summed E-state index contributed by atoms with van der Waals surface area (Å²) in [5, 5.41) is 0. The number of methoxy groups -OCH3 is 2. The Labute approximate surface area is 141 Å². The number of carbonyl (C=O) groups is 2. The van der Waals surface area contributed by atoms with Gasteiger partial charge in [0.1, 0.15) is 0 Å². The molecule has 2 aromatic carbocycles. The summed E-state index contributed by atoms with van der Waals surface area (Å²) in [5.41, 5.74) is 2.62. The van der Waals surface area contributed by atoms with Gasteiger partial charge >= 0.3 is 5.97 Å². The minimum absolute atomic E-state index is 0.311. The Morgan fingerprint density at radius 1 is 0.917 bits per heavy atom. The van der Waals surface area contributed by atoms with Crippen molar-refractivity contribution in [1.29, 1.82) is 0 Å². The van der Waals surface area contributed by atoms with E-state index in [0.29, 0.717) is 22.6 Å². The monoisotopic (exact) mass is 328 g/mol. The highest BCUT2D eigenvalue weighted by atomic mass is 16.5. The molecule has 0 unspecified atom stereocenters. The lowest BCUT2D eigenvalue weighted by Crippen LogP contribution is -2.15. The van der Waals surface area contributed by atoms with Gasteiger partial charge in [-0.2, -0.15) is 0 Å². The highest BCUT2D eigenvalue weighted by Crippen LogP contribution is 2.27. The number of esters is 1. The van der Waals surface area contributed by atoms with Crippen LogP contribution in [0, 0.1) is 13.8 Å². The molecule has 5 nitrogen and oxygen atoms in total. The second-order valence-electron chi connectivity index (χ2n) is 5.39. The van der Waals surface area contributed by atoms with Gasteiger partial charge in [-0.05, 0) is 43.7 Å². The summed E-state index contributed by atoms with van der Waals surface area (Å²) in [6.45, 7) is 3.39. The van der Waals surface area contributed by atoms with Crippen molar-refractivity contribution in [3.8, 4) is 11.5 Å². The smallest absolute Gasteiger partial charge is 0.338 e. The molecule has 2 aromatic rings. The van der Waals surface area contributed by atoms with Gasteiger partial charge in [0.2, 0.25) is 0 Å². The molecule has 0 aromatic heterocycles. The highest BCUT2D eigenvalue weighted by molar-refractivity contribution is 6.00. The maximum atomic E-state index is 12.2. The molecule has 0 aliphatic rings. The molecule has 0 fully saturated rings. The van der Waals surface area contributed by atoms with E-state index in [2.05, 4.69) is 0 Å². The summed E-state index contributed by atoms with van der Waals surface area (Å²) in [5.74, 6) is 0.158. The summed E-state index contributed by atoms with van der Waals surface area (Å²) in [7, 11) is 3.01. The van der Waals surface area contributed by atoms with Crippen LogP contribution in [0.4, 0.5) is 0 Å². The summed E-state index contributed by atoms with van der Waals surface area (Å²) in [4.78, 5) is 24.4. The van der Waals surface area contributed by atoms with E-state index in [1.165, 1.54) is 14.2 Å². The molecule has 0 atom stereocenters. The molecular formula is C19H20O5. The van der Waals surface area contributed by atoms with Crippen LogP contribution in [0.15, 0.2) is 36.4 Å². The van der Waals surface area contributed by atoms with Crippen LogP contribution in [0.2, 0.25) is 0 Å². The minimum atomic E-state index is -0.509. The van der Waals surface area contributed by atoms with Gasteiger partial charge < -0.3 is 14.2 Å². The van der Waals surface area contributed by atoms with E-state index in [-0.39, 0.29) is 12.4 Å². The van der Waals surface area contributed by atoms with Crippen LogP contribution in [0.25, 0.3) is 0 Å². The first-order chi connectivity index (χ1) is 11.5. The SMILES string of the molecule is COc1ccc(C(=O)COC(=O)c2cc(C)ccc2C)cc1OC. The molecule has 0 amide bonds. The minimum Gasteiger partial charge on any atom is -0.493 e. The lowest BCUT2D eigenvalue weighted by Gasteiger charge is -2.10. The Kier molecular flexibility index (Phi) is 5.58. The van der Waals surface area contributed by atoms with Crippen LogP contribution < -0.4 is 9.47 Å². The normalized spacial score (nSPS) is 10.2. The van der Waals surface area contributed by atoms with E-state index in [9.17, 15) is 9.59 Å². The topological polar surface area (TPSA) is 61.8 Å². The number of benzene rings is 2. The molecule has 0 aliphatic heterocycles. The van der Waals surface area contributed by atoms with Crippen LogP contribution in [0.1, 0.15) is 31.8 Å². The lowest BCUT2D eigenvalue weighted by atomic mass is 10.1. The van der Waals surface area contributed by atoms with Crippen LogP contribution in [0.3, 0.4) is 0 Å². The Balaban J connectivity index is 2.07. The van der Waals surface area contributed by atoms with Crippen molar-refractivity contribution in [2.75, 3.05) is 20.8 Å². The molecule has 0 saturated heterocycles. The zero-order valence-electron chi connectivity index (χ0n) is 14.2. The van der Waals surface area contributed by atoms with Gasteiger partial charge in [-0.15, -0.1) is 0 Å². The fraction of sp³-hybridized carbons (Fsp3) is 0.263. The highest BCUT2D eigenvalue weighted by Gasteiger charge is 2.15. The van der Waals surface area contributed by atoms with Gasteiger partial charge in [0.05, 0.1) is 19.8 Å². The molecule has 24 heavy (non-hydrogen) atoms. The Morgan fingerprint density at radius 2 is 1.62 bits per heavy atom. The summed E-state index contributed by atoms with van der Waals surface area (Å²) < 4.78 is 15.4. The van der Waals surface area contributed by atoms with Gasteiger partial charge in [0.15, 0.2) is 23.9 Å². The number of Topliss-reactive ketones (excluding diaryl/α,β-unsaturated/α-hetero) is 1. The number of rotatable bonds is 6. The van der Waals surface area contributed by atoms with Gasteiger partial charge in [0, 0.05) is 5.56 Å². The number of ketones is 1. The largest absolute Gasteiger partial charge is 0.493 e. The molecule has 0 saturated carbocycles. The van der Waals surface area contributed by atoms with E-state index in [0.717, 1.165) is 11.1 Å². The summed E-state index contributed by atoms with van der Waals surface area (Å²) in [6.07, 6.45) is 0. The molecule has 0 N–H and O–H groups in total.